The summed E-state index contributed by atoms with van der Waals surface area (Å²) in [6, 6.07) is 2.79. The van der Waals surface area contributed by atoms with Gasteiger partial charge >= 0.3 is 0 Å². The second-order valence-electron chi connectivity index (χ2n) is 6.17. The number of thiophene rings is 1. The van der Waals surface area contributed by atoms with Gasteiger partial charge in [-0.2, -0.15) is 0 Å². The predicted molar refractivity (Wildman–Crippen MR) is 94.5 cm³/mol. The Labute approximate surface area is 137 Å². The molecule has 0 aliphatic rings. The summed E-state index contributed by atoms with van der Waals surface area (Å²) in [5, 5.41) is 5.87. The van der Waals surface area contributed by atoms with E-state index in [9.17, 15) is 0 Å². The fraction of sp³-hybridized carbons (Fsp3) is 0.750. The lowest BCUT2D eigenvalue weighted by molar-refractivity contribution is 0.148. The van der Waals surface area contributed by atoms with Crippen molar-refractivity contribution in [2.24, 2.45) is 5.41 Å². The van der Waals surface area contributed by atoms with Crippen molar-refractivity contribution in [3.05, 3.63) is 20.8 Å². The van der Waals surface area contributed by atoms with Crippen LogP contribution in [0.5, 0.6) is 0 Å². The lowest BCUT2D eigenvalue weighted by Crippen LogP contribution is -2.44. The van der Waals surface area contributed by atoms with Gasteiger partial charge in [-0.25, -0.2) is 0 Å². The Morgan fingerprint density at radius 1 is 1.35 bits per heavy atom. The van der Waals surface area contributed by atoms with Gasteiger partial charge in [0.05, 0.1) is 3.79 Å². The summed E-state index contributed by atoms with van der Waals surface area (Å²) in [5.74, 6) is 0. The lowest BCUT2D eigenvalue weighted by Gasteiger charge is -2.36. The van der Waals surface area contributed by atoms with E-state index in [0.717, 1.165) is 19.6 Å². The van der Waals surface area contributed by atoms with Crippen LogP contribution in [0.15, 0.2) is 15.2 Å². The molecule has 0 spiro atoms. The monoisotopic (exact) mass is 360 g/mol. The number of rotatable bonds is 9. The van der Waals surface area contributed by atoms with Crippen molar-refractivity contribution < 1.29 is 0 Å². The van der Waals surface area contributed by atoms with Gasteiger partial charge in [-0.15, -0.1) is 11.3 Å². The predicted octanol–water partition coefficient (Wildman–Crippen LogP) is 4.75. The first-order valence-corrected chi connectivity index (χ1v) is 9.23. The Hall–Kier alpha value is 0.100. The van der Waals surface area contributed by atoms with Crippen molar-refractivity contribution in [3.8, 4) is 0 Å². The lowest BCUT2D eigenvalue weighted by atomic mass is 9.81. The van der Waals surface area contributed by atoms with Crippen LogP contribution in [-0.4, -0.2) is 31.1 Å². The van der Waals surface area contributed by atoms with Crippen LogP contribution in [0.25, 0.3) is 0 Å². The van der Waals surface area contributed by atoms with Gasteiger partial charge in [0.2, 0.25) is 0 Å². The second-order valence-corrected chi connectivity index (χ2v) is 8.46. The van der Waals surface area contributed by atoms with E-state index in [2.05, 4.69) is 72.3 Å². The molecule has 0 aliphatic carbocycles. The zero-order valence-corrected chi connectivity index (χ0v) is 15.9. The number of hydrogen-bond donors (Lipinski definition) is 1. The molecular weight excluding hydrogens is 332 g/mol. The first-order chi connectivity index (χ1) is 9.40. The van der Waals surface area contributed by atoms with Gasteiger partial charge in [0.1, 0.15) is 0 Å². The van der Waals surface area contributed by atoms with E-state index in [1.165, 1.54) is 22.2 Å². The molecule has 0 bridgehead atoms. The molecule has 1 heterocycles. The molecule has 1 aromatic rings. The van der Waals surface area contributed by atoms with E-state index in [-0.39, 0.29) is 0 Å². The second kappa shape index (κ2) is 8.52. The summed E-state index contributed by atoms with van der Waals surface area (Å²) in [4.78, 5) is 2.46. The van der Waals surface area contributed by atoms with Crippen LogP contribution < -0.4 is 5.32 Å². The van der Waals surface area contributed by atoms with Crippen molar-refractivity contribution in [2.75, 3.05) is 20.1 Å². The average molecular weight is 361 g/mol. The van der Waals surface area contributed by atoms with Crippen molar-refractivity contribution in [1.82, 2.24) is 10.2 Å². The molecule has 116 valence electrons. The molecule has 0 amide bonds. The van der Waals surface area contributed by atoms with E-state index < -0.39 is 0 Å². The van der Waals surface area contributed by atoms with Crippen molar-refractivity contribution in [3.63, 3.8) is 0 Å². The summed E-state index contributed by atoms with van der Waals surface area (Å²) in [7, 11) is 2.24. The zero-order chi connectivity index (χ0) is 15.2. The molecule has 0 unspecified atom stereocenters. The summed E-state index contributed by atoms with van der Waals surface area (Å²) in [5.41, 5.74) is 1.79. The minimum atomic E-state index is 0.381. The zero-order valence-electron chi connectivity index (χ0n) is 13.5. The first kappa shape index (κ1) is 18.1. The summed E-state index contributed by atoms with van der Waals surface area (Å²) in [6.07, 6.45) is 2.45. The number of hydrogen-bond acceptors (Lipinski definition) is 3. The molecule has 2 nitrogen and oxygen atoms in total. The minimum Gasteiger partial charge on any atom is -0.314 e. The van der Waals surface area contributed by atoms with Gasteiger partial charge < -0.3 is 10.2 Å². The molecule has 0 saturated heterocycles. The van der Waals surface area contributed by atoms with E-state index in [4.69, 9.17) is 0 Å². The van der Waals surface area contributed by atoms with Gasteiger partial charge in [-0.1, -0.05) is 27.7 Å². The molecule has 1 N–H and O–H groups in total. The number of nitrogens with zero attached hydrogens (tertiary/aromatic N) is 1. The molecule has 0 radical (unpaired) electrons. The van der Waals surface area contributed by atoms with Crippen molar-refractivity contribution >= 4 is 27.3 Å². The highest BCUT2D eigenvalue weighted by atomic mass is 79.9. The topological polar surface area (TPSA) is 15.3 Å². The molecule has 1 rings (SSSR count). The van der Waals surface area contributed by atoms with E-state index >= 15 is 0 Å². The van der Waals surface area contributed by atoms with Crippen LogP contribution >= 0.6 is 27.3 Å². The van der Waals surface area contributed by atoms with Gasteiger partial charge in [0.25, 0.3) is 0 Å². The van der Waals surface area contributed by atoms with Crippen molar-refractivity contribution in [2.45, 2.75) is 53.1 Å². The van der Waals surface area contributed by atoms with E-state index in [0.29, 0.717) is 11.5 Å². The molecule has 4 heteroatoms. The standard InChI is InChI=1S/C16H29BrN2S/c1-6-16(7-2,11-18-13(3)4)12-19(5)9-14-8-15(17)20-10-14/h8,10,13,18H,6-7,9,11-12H2,1-5H3. The quantitative estimate of drug-likeness (QED) is 0.683. The number of nitrogens with one attached hydrogen (secondary N) is 1. The summed E-state index contributed by atoms with van der Waals surface area (Å²) < 4.78 is 1.22. The molecule has 0 saturated carbocycles. The SMILES string of the molecule is CCC(CC)(CNC(C)C)CN(C)Cc1csc(Br)c1. The fourth-order valence-corrected chi connectivity index (χ4v) is 3.77. The first-order valence-electron chi connectivity index (χ1n) is 7.55. The van der Waals surface area contributed by atoms with Crippen molar-refractivity contribution in [1.29, 1.82) is 0 Å². The summed E-state index contributed by atoms with van der Waals surface area (Å²) >= 11 is 5.31. The van der Waals surface area contributed by atoms with E-state index in [1.807, 2.05) is 0 Å². The highest BCUT2D eigenvalue weighted by Crippen LogP contribution is 2.28. The van der Waals surface area contributed by atoms with Gasteiger partial charge in [-0.3, -0.25) is 0 Å². The molecular formula is C16H29BrN2S. The molecule has 0 atom stereocenters. The average Bonchev–Trinajstić information content (AvgIpc) is 2.79. The Morgan fingerprint density at radius 3 is 2.45 bits per heavy atom. The Balaban J connectivity index is 2.59. The van der Waals surface area contributed by atoms with Crippen LogP contribution in [0.1, 0.15) is 46.1 Å². The van der Waals surface area contributed by atoms with E-state index in [1.54, 1.807) is 11.3 Å². The third kappa shape index (κ3) is 5.84. The van der Waals surface area contributed by atoms with Crippen LogP contribution in [0, 0.1) is 5.41 Å². The molecule has 0 fully saturated rings. The summed E-state index contributed by atoms with van der Waals surface area (Å²) in [6.45, 7) is 12.4. The highest BCUT2D eigenvalue weighted by Gasteiger charge is 2.27. The Morgan fingerprint density at radius 2 is 2.00 bits per heavy atom. The van der Waals surface area contributed by atoms with Crippen LogP contribution in [-0.2, 0) is 6.54 Å². The molecule has 0 aliphatic heterocycles. The van der Waals surface area contributed by atoms with Crippen LogP contribution in [0.2, 0.25) is 0 Å². The Bertz CT molecular complexity index is 386. The minimum absolute atomic E-state index is 0.381. The van der Waals surface area contributed by atoms with Gasteiger partial charge in [0.15, 0.2) is 0 Å². The maximum atomic E-state index is 3.63. The van der Waals surface area contributed by atoms with Gasteiger partial charge in [-0.05, 0) is 58.2 Å². The fourth-order valence-electron chi connectivity index (χ4n) is 2.57. The molecule has 0 aromatic carbocycles. The normalized spacial score (nSPS) is 12.6. The maximum absolute atomic E-state index is 3.63. The van der Waals surface area contributed by atoms with Gasteiger partial charge in [0, 0.05) is 25.7 Å². The highest BCUT2D eigenvalue weighted by molar-refractivity contribution is 9.11. The largest absolute Gasteiger partial charge is 0.314 e. The number of halogens is 1. The van der Waals surface area contributed by atoms with Crippen LogP contribution in [0.3, 0.4) is 0 Å². The van der Waals surface area contributed by atoms with Crippen LogP contribution in [0.4, 0.5) is 0 Å². The maximum Gasteiger partial charge on any atom is 0.0701 e. The smallest absolute Gasteiger partial charge is 0.0701 e. The molecule has 20 heavy (non-hydrogen) atoms. The molecule has 1 aromatic heterocycles. The third-order valence-corrected chi connectivity index (χ3v) is 5.62. The third-order valence-electron chi connectivity index (χ3n) is 4.06. The Kier molecular flexibility index (Phi) is 7.73.